The predicted molar refractivity (Wildman–Crippen MR) is 89.3 cm³/mol. The topological polar surface area (TPSA) is 83.8 Å². The third-order valence-corrected chi connectivity index (χ3v) is 3.47. The lowest BCUT2D eigenvalue weighted by molar-refractivity contribution is -0.144. The molecule has 124 valence electrons. The van der Waals surface area contributed by atoms with E-state index in [9.17, 15) is 19.8 Å². The largest absolute Gasteiger partial charge is 0.477 e. The van der Waals surface area contributed by atoms with Crippen molar-refractivity contribution >= 4 is 18.0 Å². The minimum absolute atomic E-state index is 0.0985. The maximum Gasteiger partial charge on any atom is 0.345 e. The number of hydrogen-bond donors (Lipinski definition) is 2. The van der Waals surface area contributed by atoms with Crippen LogP contribution in [0.1, 0.15) is 17.0 Å². The number of rotatable bonds is 7. The molecule has 0 fully saturated rings. The molecule has 0 radical (unpaired) electrons. The number of aliphatic carboxylic acids is 1. The number of ether oxygens (including phenoxy) is 1. The minimum atomic E-state index is -1.36. The van der Waals surface area contributed by atoms with E-state index >= 15 is 0 Å². The van der Waals surface area contributed by atoms with Crippen LogP contribution < -0.4 is 0 Å². The van der Waals surface area contributed by atoms with Crippen molar-refractivity contribution in [3.63, 3.8) is 0 Å². The van der Waals surface area contributed by atoms with Crippen LogP contribution in [0.2, 0.25) is 0 Å². The summed E-state index contributed by atoms with van der Waals surface area (Å²) >= 11 is 0. The van der Waals surface area contributed by atoms with Gasteiger partial charge in [0.25, 0.3) is 0 Å². The summed E-state index contributed by atoms with van der Waals surface area (Å²) in [5.41, 5.74) is 0.955. The van der Waals surface area contributed by atoms with Gasteiger partial charge >= 0.3 is 11.9 Å². The summed E-state index contributed by atoms with van der Waals surface area (Å²) in [6.45, 7) is -0.305. The van der Waals surface area contributed by atoms with Crippen molar-refractivity contribution in [3.8, 4) is 0 Å². The Morgan fingerprint density at radius 1 is 1.00 bits per heavy atom. The van der Waals surface area contributed by atoms with Crippen molar-refractivity contribution in [3.05, 3.63) is 77.4 Å². The second-order valence-electron chi connectivity index (χ2n) is 5.16. The van der Waals surface area contributed by atoms with Gasteiger partial charge in [0.1, 0.15) is 12.2 Å². The van der Waals surface area contributed by atoms with E-state index in [0.29, 0.717) is 5.56 Å². The van der Waals surface area contributed by atoms with Crippen LogP contribution in [0.15, 0.2) is 66.2 Å². The molecule has 0 bridgehead atoms. The van der Waals surface area contributed by atoms with Crippen molar-refractivity contribution in [2.45, 2.75) is 5.92 Å². The van der Waals surface area contributed by atoms with Crippen molar-refractivity contribution in [2.24, 2.45) is 0 Å². The van der Waals surface area contributed by atoms with Crippen LogP contribution in [0.25, 0.3) is 6.08 Å². The summed E-state index contributed by atoms with van der Waals surface area (Å²) in [5.74, 6) is -2.69. The highest BCUT2D eigenvalue weighted by Gasteiger charge is 2.21. The van der Waals surface area contributed by atoms with Crippen LogP contribution in [0, 0.1) is 0 Å². The molecule has 0 saturated heterocycles. The standard InChI is InChI=1S/C19H18O5/c20-12-16(15-9-5-2-6-10-15)13-24-19(23)17(18(21)22)11-14-7-3-1-4-8-14/h1-11,16,20H,12-13H2,(H,21,22). The van der Waals surface area contributed by atoms with E-state index in [-0.39, 0.29) is 13.2 Å². The number of carboxylic acid groups (broad SMARTS) is 1. The minimum Gasteiger partial charge on any atom is -0.477 e. The lowest BCUT2D eigenvalue weighted by Crippen LogP contribution is -2.20. The van der Waals surface area contributed by atoms with Crippen LogP contribution in [-0.4, -0.2) is 35.4 Å². The molecule has 0 aromatic heterocycles. The zero-order valence-electron chi connectivity index (χ0n) is 13.0. The maximum absolute atomic E-state index is 12.1. The highest BCUT2D eigenvalue weighted by atomic mass is 16.5. The van der Waals surface area contributed by atoms with Gasteiger partial charge in [-0.05, 0) is 17.2 Å². The molecule has 0 aliphatic heterocycles. The molecule has 5 nitrogen and oxygen atoms in total. The van der Waals surface area contributed by atoms with Crippen molar-refractivity contribution in [1.29, 1.82) is 0 Å². The lowest BCUT2D eigenvalue weighted by Gasteiger charge is -2.15. The lowest BCUT2D eigenvalue weighted by atomic mass is 10.0. The van der Waals surface area contributed by atoms with Crippen LogP contribution in [0.4, 0.5) is 0 Å². The summed E-state index contributed by atoms with van der Waals surface area (Å²) in [7, 11) is 0. The summed E-state index contributed by atoms with van der Waals surface area (Å²) in [6, 6.07) is 17.8. The molecule has 1 unspecified atom stereocenters. The number of benzene rings is 2. The van der Waals surface area contributed by atoms with Gasteiger partial charge in [0.15, 0.2) is 0 Å². The second-order valence-corrected chi connectivity index (χ2v) is 5.16. The molecule has 0 aliphatic carbocycles. The van der Waals surface area contributed by atoms with E-state index in [2.05, 4.69) is 0 Å². The normalized spacial score (nSPS) is 12.5. The Labute approximate surface area is 139 Å². The van der Waals surface area contributed by atoms with Crippen molar-refractivity contribution in [1.82, 2.24) is 0 Å². The summed E-state index contributed by atoms with van der Waals surface area (Å²) < 4.78 is 5.10. The predicted octanol–water partition coefficient (Wildman–Crippen LogP) is 2.47. The molecule has 0 aliphatic rings. The fraction of sp³-hybridized carbons (Fsp3) is 0.158. The van der Waals surface area contributed by atoms with Gasteiger partial charge in [-0.1, -0.05) is 60.7 Å². The van der Waals surface area contributed by atoms with E-state index < -0.39 is 23.4 Å². The first-order valence-electron chi connectivity index (χ1n) is 7.44. The molecule has 2 aromatic carbocycles. The number of carbonyl (C=O) groups is 2. The smallest absolute Gasteiger partial charge is 0.345 e. The molecule has 0 spiro atoms. The zero-order valence-corrected chi connectivity index (χ0v) is 13.0. The third-order valence-electron chi connectivity index (χ3n) is 3.47. The first-order valence-corrected chi connectivity index (χ1v) is 7.44. The van der Waals surface area contributed by atoms with Gasteiger partial charge in [0, 0.05) is 5.92 Å². The fourth-order valence-corrected chi connectivity index (χ4v) is 2.16. The van der Waals surface area contributed by atoms with Crippen molar-refractivity contribution < 1.29 is 24.5 Å². The number of aliphatic hydroxyl groups is 1. The Kier molecular flexibility index (Phi) is 6.28. The molecule has 2 aromatic rings. The van der Waals surface area contributed by atoms with E-state index in [4.69, 9.17) is 4.74 Å². The third kappa shape index (κ3) is 4.79. The van der Waals surface area contributed by atoms with E-state index in [1.165, 1.54) is 6.08 Å². The van der Waals surface area contributed by atoms with E-state index in [0.717, 1.165) is 5.56 Å². The quantitative estimate of drug-likeness (QED) is 0.353. The number of carbonyl (C=O) groups excluding carboxylic acids is 1. The Balaban J connectivity index is 2.08. The second kappa shape index (κ2) is 8.64. The number of esters is 1. The summed E-state index contributed by atoms with van der Waals surface area (Å²) in [6.07, 6.45) is 1.27. The molecule has 2 rings (SSSR count). The number of aliphatic hydroxyl groups excluding tert-OH is 1. The van der Waals surface area contributed by atoms with Gasteiger partial charge in [0.2, 0.25) is 0 Å². The molecular weight excluding hydrogens is 308 g/mol. The van der Waals surface area contributed by atoms with Crippen LogP contribution in [0.3, 0.4) is 0 Å². The first kappa shape index (κ1) is 17.4. The number of carboxylic acids is 1. The molecule has 0 saturated carbocycles. The molecule has 24 heavy (non-hydrogen) atoms. The van der Waals surface area contributed by atoms with Gasteiger partial charge in [-0.15, -0.1) is 0 Å². The average Bonchev–Trinajstić information content (AvgIpc) is 2.61. The molecule has 1 atom stereocenters. The van der Waals surface area contributed by atoms with Gasteiger partial charge in [-0.3, -0.25) is 0 Å². The number of hydrogen-bond acceptors (Lipinski definition) is 4. The molecule has 5 heteroatoms. The average molecular weight is 326 g/mol. The van der Waals surface area contributed by atoms with Gasteiger partial charge in [-0.2, -0.15) is 0 Å². The van der Waals surface area contributed by atoms with E-state index in [1.807, 2.05) is 30.3 Å². The maximum atomic E-state index is 12.1. The molecule has 0 heterocycles. The van der Waals surface area contributed by atoms with Crippen LogP contribution >= 0.6 is 0 Å². The highest BCUT2D eigenvalue weighted by Crippen LogP contribution is 2.16. The monoisotopic (exact) mass is 326 g/mol. The van der Waals surface area contributed by atoms with Crippen LogP contribution in [-0.2, 0) is 14.3 Å². The van der Waals surface area contributed by atoms with Crippen LogP contribution in [0.5, 0.6) is 0 Å². The Morgan fingerprint density at radius 3 is 2.12 bits per heavy atom. The SMILES string of the molecule is O=C(O)C(=Cc1ccccc1)C(=O)OCC(CO)c1ccccc1. The van der Waals surface area contributed by atoms with Gasteiger partial charge < -0.3 is 14.9 Å². The molecule has 0 amide bonds. The fourth-order valence-electron chi connectivity index (χ4n) is 2.16. The Bertz CT molecular complexity index is 707. The Hall–Kier alpha value is -2.92. The Morgan fingerprint density at radius 2 is 1.58 bits per heavy atom. The van der Waals surface area contributed by atoms with Gasteiger partial charge in [0.05, 0.1) is 6.61 Å². The van der Waals surface area contributed by atoms with Gasteiger partial charge in [-0.25, -0.2) is 9.59 Å². The first-order chi connectivity index (χ1) is 11.6. The molecule has 2 N–H and O–H groups in total. The highest BCUT2D eigenvalue weighted by molar-refractivity contribution is 6.17. The van der Waals surface area contributed by atoms with E-state index in [1.54, 1.807) is 30.3 Å². The molecular formula is C19H18O5. The van der Waals surface area contributed by atoms with Crippen molar-refractivity contribution in [2.75, 3.05) is 13.2 Å². The summed E-state index contributed by atoms with van der Waals surface area (Å²) in [4.78, 5) is 23.4. The summed E-state index contributed by atoms with van der Waals surface area (Å²) in [5, 5.41) is 18.7. The zero-order chi connectivity index (χ0) is 17.4.